The van der Waals surface area contributed by atoms with Crippen LogP contribution >= 0.6 is 0 Å². The molecule has 0 unspecified atom stereocenters. The lowest BCUT2D eigenvalue weighted by molar-refractivity contribution is -0.918. The van der Waals surface area contributed by atoms with Gasteiger partial charge in [-0.3, -0.25) is 19.6 Å². The predicted molar refractivity (Wildman–Crippen MR) is 229 cm³/mol. The molecule has 5 rings (SSSR count). The molecule has 0 amide bonds. The Morgan fingerprint density at radius 3 is 0.865 bits per heavy atom. The SMILES string of the molecule is C.C.CC(C)(C)N1CC[NH+](Cc2ccccc2)CC1.C[NH+]1CCN(C(C)(C)C)CC1.C[NH+]1CCN(C(C)(C)C)CC1.C[NH+]1CCN(C(C)(C)C)CC1. The second-order valence-electron chi connectivity index (χ2n) is 19.9. The summed E-state index contributed by atoms with van der Waals surface area (Å²) >= 11 is 0. The maximum atomic E-state index is 2.60. The number of nitrogens with zero attached hydrogens (tertiary/aromatic N) is 4. The third kappa shape index (κ3) is 20.0. The molecule has 4 N–H and O–H groups in total. The first-order chi connectivity index (χ1) is 23.1. The van der Waals surface area contributed by atoms with Crippen LogP contribution in [0.3, 0.4) is 0 Å². The van der Waals surface area contributed by atoms with E-state index in [1.807, 2.05) is 0 Å². The third-order valence-corrected chi connectivity index (χ3v) is 11.4. The number of piperazine rings is 4. The highest BCUT2D eigenvalue weighted by Crippen LogP contribution is 2.14. The average molecular weight is 737 g/mol. The van der Waals surface area contributed by atoms with Gasteiger partial charge in [-0.1, -0.05) is 45.2 Å². The molecular formula is C44H96N8+4. The van der Waals surface area contributed by atoms with Gasteiger partial charge in [0.1, 0.15) is 6.54 Å². The summed E-state index contributed by atoms with van der Waals surface area (Å²) in [6, 6.07) is 10.9. The minimum Gasteiger partial charge on any atom is -0.335 e. The lowest BCUT2D eigenvalue weighted by Crippen LogP contribution is -3.13. The van der Waals surface area contributed by atoms with Gasteiger partial charge in [-0.25, -0.2) is 0 Å². The van der Waals surface area contributed by atoms with Crippen LogP contribution < -0.4 is 19.6 Å². The van der Waals surface area contributed by atoms with E-state index >= 15 is 0 Å². The highest BCUT2D eigenvalue weighted by atomic mass is 15.3. The number of rotatable bonds is 2. The zero-order valence-electron chi connectivity index (χ0n) is 36.2. The highest BCUT2D eigenvalue weighted by molar-refractivity contribution is 5.13. The molecular weight excluding hydrogens is 641 g/mol. The van der Waals surface area contributed by atoms with Crippen molar-refractivity contribution in [3.8, 4) is 0 Å². The molecule has 8 nitrogen and oxygen atoms in total. The van der Waals surface area contributed by atoms with Gasteiger partial charge in [0.15, 0.2) is 0 Å². The Hall–Kier alpha value is -1.10. The van der Waals surface area contributed by atoms with Crippen LogP contribution in [0.4, 0.5) is 0 Å². The molecule has 308 valence electrons. The minimum atomic E-state index is 0. The van der Waals surface area contributed by atoms with Gasteiger partial charge in [0, 0.05) is 80.1 Å². The summed E-state index contributed by atoms with van der Waals surface area (Å²) in [7, 11) is 6.83. The van der Waals surface area contributed by atoms with Gasteiger partial charge in [-0.05, 0) is 83.1 Å². The number of nitrogens with one attached hydrogen (secondary N) is 4. The van der Waals surface area contributed by atoms with E-state index in [0.717, 1.165) is 0 Å². The molecule has 0 bridgehead atoms. The van der Waals surface area contributed by atoms with Crippen LogP contribution in [0.25, 0.3) is 0 Å². The number of hydrogen-bond donors (Lipinski definition) is 4. The number of likely N-dealkylation sites (N-methyl/N-ethyl adjacent to an activating group) is 3. The molecule has 0 saturated carbocycles. The summed E-state index contributed by atoms with van der Waals surface area (Å²) in [5, 5.41) is 0. The van der Waals surface area contributed by atoms with E-state index in [4.69, 9.17) is 0 Å². The Morgan fingerprint density at radius 1 is 0.404 bits per heavy atom. The topological polar surface area (TPSA) is 30.7 Å². The normalized spacial score (nSPS) is 21.6. The Kier molecular flexibility index (Phi) is 22.6. The van der Waals surface area contributed by atoms with Crippen LogP contribution in [-0.4, -0.2) is 168 Å². The molecule has 0 spiro atoms. The van der Waals surface area contributed by atoms with Gasteiger partial charge >= 0.3 is 0 Å². The maximum absolute atomic E-state index is 2.60. The first-order valence-corrected chi connectivity index (χ1v) is 20.4. The van der Waals surface area contributed by atoms with Gasteiger partial charge in [0.25, 0.3) is 0 Å². The van der Waals surface area contributed by atoms with Crippen LogP contribution in [0.5, 0.6) is 0 Å². The van der Waals surface area contributed by atoms with Crippen LogP contribution in [0.2, 0.25) is 0 Å². The van der Waals surface area contributed by atoms with Crippen molar-refractivity contribution in [3.63, 3.8) is 0 Å². The summed E-state index contributed by atoms with van der Waals surface area (Å²) in [4.78, 5) is 17.0. The van der Waals surface area contributed by atoms with Crippen molar-refractivity contribution >= 4 is 0 Å². The average Bonchev–Trinajstić information content (AvgIpc) is 3.02. The standard InChI is InChI=1S/C15H24N2.3C9H20N2.2CH4/c1-15(2,3)17-11-9-16(10-12-17)13-14-7-5-4-6-8-14;3*1-9(2,3)11-7-5-10(4)6-8-11;;/h4-8H,9-13H2,1-3H3;3*5-8H2,1-4H3;2*1H4/p+4. The summed E-state index contributed by atoms with van der Waals surface area (Å²) in [5.41, 5.74) is 2.92. The zero-order valence-corrected chi connectivity index (χ0v) is 36.2. The summed E-state index contributed by atoms with van der Waals surface area (Å²) in [6.07, 6.45) is 0. The summed E-state index contributed by atoms with van der Waals surface area (Å²) in [5.74, 6) is 0. The minimum absolute atomic E-state index is 0. The number of hydrogen-bond acceptors (Lipinski definition) is 4. The van der Waals surface area contributed by atoms with E-state index in [1.54, 1.807) is 19.6 Å². The van der Waals surface area contributed by atoms with Crippen molar-refractivity contribution in [1.82, 2.24) is 19.6 Å². The van der Waals surface area contributed by atoms with Crippen molar-refractivity contribution in [1.29, 1.82) is 0 Å². The van der Waals surface area contributed by atoms with Gasteiger partial charge < -0.3 is 19.6 Å². The van der Waals surface area contributed by atoms with Gasteiger partial charge in [-0.2, -0.15) is 0 Å². The Labute approximate surface area is 326 Å². The largest absolute Gasteiger partial charge is 0.335 e. The molecule has 4 heterocycles. The Balaban J connectivity index is 0.000000673. The monoisotopic (exact) mass is 737 g/mol. The van der Waals surface area contributed by atoms with Crippen LogP contribution in [0, 0.1) is 0 Å². The zero-order chi connectivity index (χ0) is 37.8. The highest BCUT2D eigenvalue weighted by Gasteiger charge is 2.29. The fourth-order valence-corrected chi connectivity index (χ4v) is 7.23. The second kappa shape index (κ2) is 23.1. The van der Waals surface area contributed by atoms with Crippen molar-refractivity contribution in [2.75, 3.05) is 126 Å². The van der Waals surface area contributed by atoms with Crippen molar-refractivity contribution in [2.45, 2.75) is 127 Å². The van der Waals surface area contributed by atoms with E-state index < -0.39 is 0 Å². The van der Waals surface area contributed by atoms with Crippen LogP contribution in [-0.2, 0) is 6.54 Å². The number of quaternary nitrogens is 4. The molecule has 4 fully saturated rings. The van der Waals surface area contributed by atoms with E-state index in [0.29, 0.717) is 22.2 Å². The second-order valence-corrected chi connectivity index (χ2v) is 19.9. The molecule has 0 atom stereocenters. The molecule has 4 saturated heterocycles. The predicted octanol–water partition coefficient (Wildman–Crippen LogP) is 1.30. The lowest BCUT2D eigenvalue weighted by Gasteiger charge is -2.40. The first-order valence-electron chi connectivity index (χ1n) is 20.4. The molecule has 1 aromatic rings. The van der Waals surface area contributed by atoms with Crippen molar-refractivity contribution in [3.05, 3.63) is 35.9 Å². The van der Waals surface area contributed by atoms with Crippen molar-refractivity contribution in [2.24, 2.45) is 0 Å². The maximum Gasteiger partial charge on any atom is 0.103 e. The lowest BCUT2D eigenvalue weighted by atomic mass is 10.0. The molecule has 4 aliphatic heterocycles. The van der Waals surface area contributed by atoms with Crippen molar-refractivity contribution < 1.29 is 19.6 Å². The van der Waals surface area contributed by atoms with Gasteiger partial charge in [0.05, 0.1) is 73.5 Å². The molecule has 0 radical (unpaired) electrons. The van der Waals surface area contributed by atoms with E-state index in [1.165, 1.54) is 117 Å². The van der Waals surface area contributed by atoms with Crippen LogP contribution in [0.15, 0.2) is 30.3 Å². The van der Waals surface area contributed by atoms with E-state index in [2.05, 4.69) is 154 Å². The molecule has 0 aliphatic carbocycles. The first kappa shape index (κ1) is 50.9. The Bertz CT molecular complexity index is 927. The summed E-state index contributed by atoms with van der Waals surface area (Å²) < 4.78 is 0. The Morgan fingerprint density at radius 2 is 0.635 bits per heavy atom. The smallest absolute Gasteiger partial charge is 0.103 e. The molecule has 1 aromatic carbocycles. The molecule has 8 heteroatoms. The fraction of sp³-hybridized carbons (Fsp3) is 0.864. The third-order valence-electron chi connectivity index (χ3n) is 11.4. The van der Waals surface area contributed by atoms with Gasteiger partial charge in [-0.15, -0.1) is 0 Å². The summed E-state index contributed by atoms with van der Waals surface area (Å²) in [6.45, 7) is 49.2. The van der Waals surface area contributed by atoms with E-state index in [-0.39, 0.29) is 14.9 Å². The molecule has 52 heavy (non-hydrogen) atoms. The quantitative estimate of drug-likeness (QED) is 0.370. The van der Waals surface area contributed by atoms with Gasteiger partial charge in [0.2, 0.25) is 0 Å². The molecule has 0 aromatic heterocycles. The van der Waals surface area contributed by atoms with Crippen LogP contribution in [0.1, 0.15) is 104 Å². The molecule has 4 aliphatic rings. The fourth-order valence-electron chi connectivity index (χ4n) is 7.23. The van der Waals surface area contributed by atoms with E-state index in [9.17, 15) is 0 Å². The number of benzene rings is 1.